The summed E-state index contributed by atoms with van der Waals surface area (Å²) in [6, 6.07) is 8.86. The van der Waals surface area contributed by atoms with E-state index in [1.807, 2.05) is 0 Å². The summed E-state index contributed by atoms with van der Waals surface area (Å²) in [5.41, 5.74) is 2.71. The van der Waals surface area contributed by atoms with Crippen molar-refractivity contribution >= 4 is 11.6 Å². The van der Waals surface area contributed by atoms with Crippen molar-refractivity contribution in [3.05, 3.63) is 29.8 Å². The van der Waals surface area contributed by atoms with Crippen molar-refractivity contribution < 1.29 is 9.53 Å². The van der Waals surface area contributed by atoms with E-state index < -0.39 is 0 Å². The largest absolute Gasteiger partial charge is 0.379 e. The lowest BCUT2D eigenvalue weighted by Gasteiger charge is -2.48. The van der Waals surface area contributed by atoms with E-state index in [1.165, 1.54) is 43.4 Å². The van der Waals surface area contributed by atoms with Gasteiger partial charge in [0.25, 0.3) is 0 Å². The number of rotatable bonds is 5. The summed E-state index contributed by atoms with van der Waals surface area (Å²) in [5.74, 6) is 0.150. The summed E-state index contributed by atoms with van der Waals surface area (Å²) in [6.07, 6.45) is 7.27. The molecule has 2 fully saturated rings. The van der Waals surface area contributed by atoms with Gasteiger partial charge in [0.2, 0.25) is 5.91 Å². The van der Waals surface area contributed by atoms with Crippen LogP contribution in [0.5, 0.6) is 0 Å². The molecule has 4 rings (SSSR count). The zero-order valence-electron chi connectivity index (χ0n) is 16.6. The SMILES string of the molecule is CC1Cc2ccccc2N1CC(=O)NCC1(N2CCOCC2)CCCCC1. The maximum atomic E-state index is 12.8. The van der Waals surface area contributed by atoms with Crippen LogP contribution in [0.4, 0.5) is 5.69 Å². The number of fused-ring (bicyclic) bond motifs is 1. The molecule has 3 aliphatic rings. The van der Waals surface area contributed by atoms with E-state index >= 15 is 0 Å². The maximum absolute atomic E-state index is 12.8. The van der Waals surface area contributed by atoms with Crippen molar-refractivity contribution in [2.24, 2.45) is 0 Å². The zero-order valence-corrected chi connectivity index (χ0v) is 16.6. The maximum Gasteiger partial charge on any atom is 0.239 e. The molecule has 5 heteroatoms. The minimum absolute atomic E-state index is 0.131. The first kappa shape index (κ1) is 18.8. The van der Waals surface area contributed by atoms with Crippen molar-refractivity contribution in [1.29, 1.82) is 0 Å². The number of hydrogen-bond acceptors (Lipinski definition) is 4. The van der Waals surface area contributed by atoms with Gasteiger partial charge in [0.1, 0.15) is 0 Å². The van der Waals surface area contributed by atoms with Crippen LogP contribution >= 0.6 is 0 Å². The van der Waals surface area contributed by atoms with Crippen LogP contribution in [0.15, 0.2) is 24.3 Å². The van der Waals surface area contributed by atoms with Gasteiger partial charge in [0, 0.05) is 36.9 Å². The molecule has 0 bridgehead atoms. The van der Waals surface area contributed by atoms with Gasteiger partial charge >= 0.3 is 0 Å². The van der Waals surface area contributed by atoms with Crippen LogP contribution in [-0.2, 0) is 16.0 Å². The molecule has 1 N–H and O–H groups in total. The number of nitrogens with zero attached hydrogens (tertiary/aromatic N) is 2. The minimum atomic E-state index is 0.131. The number of carbonyl (C=O) groups excluding carboxylic acids is 1. The number of benzene rings is 1. The molecule has 2 aliphatic heterocycles. The number of amides is 1. The van der Waals surface area contributed by atoms with E-state index in [-0.39, 0.29) is 11.4 Å². The molecule has 0 spiro atoms. The number of carbonyl (C=O) groups is 1. The third-order valence-corrected chi connectivity index (χ3v) is 6.74. The van der Waals surface area contributed by atoms with E-state index in [1.54, 1.807) is 0 Å². The molecular formula is C22H33N3O2. The lowest BCUT2D eigenvalue weighted by Crippen LogP contribution is -2.60. The molecule has 1 aromatic rings. The van der Waals surface area contributed by atoms with Crippen molar-refractivity contribution in [1.82, 2.24) is 10.2 Å². The van der Waals surface area contributed by atoms with Gasteiger partial charge in [0.05, 0.1) is 19.8 Å². The van der Waals surface area contributed by atoms with Crippen LogP contribution < -0.4 is 10.2 Å². The Morgan fingerprint density at radius 2 is 1.93 bits per heavy atom. The number of anilines is 1. The van der Waals surface area contributed by atoms with Crippen molar-refractivity contribution in [3.8, 4) is 0 Å². The topological polar surface area (TPSA) is 44.8 Å². The fraction of sp³-hybridized carbons (Fsp3) is 0.682. The minimum Gasteiger partial charge on any atom is -0.379 e. The lowest BCUT2D eigenvalue weighted by molar-refractivity contribution is -0.121. The first-order valence-corrected chi connectivity index (χ1v) is 10.6. The molecule has 0 radical (unpaired) electrons. The first-order valence-electron chi connectivity index (χ1n) is 10.6. The Morgan fingerprint density at radius 3 is 2.70 bits per heavy atom. The van der Waals surface area contributed by atoms with E-state index in [4.69, 9.17) is 4.74 Å². The summed E-state index contributed by atoms with van der Waals surface area (Å²) < 4.78 is 5.56. The molecule has 148 valence electrons. The van der Waals surface area contributed by atoms with E-state index in [2.05, 4.69) is 46.3 Å². The van der Waals surface area contributed by atoms with Crippen molar-refractivity contribution in [3.63, 3.8) is 0 Å². The highest BCUT2D eigenvalue weighted by molar-refractivity contribution is 5.82. The van der Waals surface area contributed by atoms with Gasteiger partial charge in [-0.15, -0.1) is 0 Å². The summed E-state index contributed by atoms with van der Waals surface area (Å²) in [7, 11) is 0. The Hall–Kier alpha value is -1.59. The second kappa shape index (κ2) is 8.19. The van der Waals surface area contributed by atoms with Crippen molar-refractivity contribution in [2.45, 2.75) is 57.0 Å². The quantitative estimate of drug-likeness (QED) is 0.864. The van der Waals surface area contributed by atoms with Gasteiger partial charge in [-0.25, -0.2) is 0 Å². The van der Waals surface area contributed by atoms with Crippen molar-refractivity contribution in [2.75, 3.05) is 44.3 Å². The molecule has 1 saturated heterocycles. The molecule has 1 aromatic carbocycles. The monoisotopic (exact) mass is 371 g/mol. The van der Waals surface area contributed by atoms with Gasteiger partial charge in [-0.1, -0.05) is 37.5 Å². The third kappa shape index (κ3) is 3.99. The highest BCUT2D eigenvalue weighted by Crippen LogP contribution is 2.34. The molecule has 1 atom stereocenters. The number of hydrogen-bond donors (Lipinski definition) is 1. The molecule has 5 nitrogen and oxygen atoms in total. The molecule has 0 aromatic heterocycles. The van der Waals surface area contributed by atoms with Gasteiger partial charge in [-0.05, 0) is 37.8 Å². The molecule has 1 aliphatic carbocycles. The summed E-state index contributed by atoms with van der Waals surface area (Å²) >= 11 is 0. The van der Waals surface area contributed by atoms with Crippen LogP contribution in [-0.4, -0.2) is 61.8 Å². The van der Waals surface area contributed by atoms with Crippen LogP contribution in [0.2, 0.25) is 0 Å². The predicted molar refractivity (Wildman–Crippen MR) is 108 cm³/mol. The fourth-order valence-corrected chi connectivity index (χ4v) is 5.20. The Kier molecular flexibility index (Phi) is 5.69. The molecule has 1 saturated carbocycles. The van der Waals surface area contributed by atoms with Crippen LogP contribution in [0, 0.1) is 0 Å². The normalized spacial score (nSPS) is 25.2. The van der Waals surface area contributed by atoms with Gasteiger partial charge in [0.15, 0.2) is 0 Å². The number of morpholine rings is 1. The average Bonchev–Trinajstić information content (AvgIpc) is 3.03. The second-order valence-electron chi connectivity index (χ2n) is 8.47. The number of ether oxygens (including phenoxy) is 1. The molecule has 27 heavy (non-hydrogen) atoms. The Bertz CT molecular complexity index is 651. The number of para-hydroxylation sites is 1. The molecule has 1 amide bonds. The van der Waals surface area contributed by atoms with Gasteiger partial charge in [-0.2, -0.15) is 0 Å². The smallest absolute Gasteiger partial charge is 0.239 e. The highest BCUT2D eigenvalue weighted by Gasteiger charge is 2.39. The summed E-state index contributed by atoms with van der Waals surface area (Å²) in [6.45, 7) is 7.06. The van der Waals surface area contributed by atoms with Crippen LogP contribution in [0.1, 0.15) is 44.6 Å². The standard InChI is InChI=1S/C22H33N3O2/c1-18-15-19-7-3-4-8-20(19)25(18)16-21(26)23-17-22(9-5-2-6-10-22)24-11-13-27-14-12-24/h3-4,7-8,18H,2,5-6,9-17H2,1H3,(H,23,26). The van der Waals surface area contributed by atoms with E-state index in [9.17, 15) is 4.79 Å². The first-order chi connectivity index (χ1) is 13.2. The summed E-state index contributed by atoms with van der Waals surface area (Å²) in [4.78, 5) is 17.7. The summed E-state index contributed by atoms with van der Waals surface area (Å²) in [5, 5.41) is 3.31. The van der Waals surface area contributed by atoms with E-state index in [0.717, 1.165) is 39.3 Å². The van der Waals surface area contributed by atoms with Gasteiger partial charge in [-0.3, -0.25) is 9.69 Å². The van der Waals surface area contributed by atoms with Crippen LogP contribution in [0.25, 0.3) is 0 Å². The fourth-order valence-electron chi connectivity index (χ4n) is 5.20. The van der Waals surface area contributed by atoms with E-state index in [0.29, 0.717) is 12.6 Å². The average molecular weight is 372 g/mol. The molecule has 1 unspecified atom stereocenters. The highest BCUT2D eigenvalue weighted by atomic mass is 16.5. The Labute approximate surface area is 163 Å². The van der Waals surface area contributed by atoms with Crippen LogP contribution in [0.3, 0.4) is 0 Å². The zero-order chi connectivity index (χ0) is 18.7. The Balaban J connectivity index is 1.38. The predicted octanol–water partition coefficient (Wildman–Crippen LogP) is 2.59. The number of nitrogens with one attached hydrogen (secondary N) is 1. The molecule has 2 heterocycles. The molecular weight excluding hydrogens is 338 g/mol. The second-order valence-corrected chi connectivity index (χ2v) is 8.47. The van der Waals surface area contributed by atoms with Gasteiger partial charge < -0.3 is 15.0 Å². The Morgan fingerprint density at radius 1 is 1.19 bits per heavy atom. The lowest BCUT2D eigenvalue weighted by atomic mass is 9.79. The third-order valence-electron chi connectivity index (χ3n) is 6.74.